The molecule has 0 aliphatic rings. The smallest absolute Gasteiger partial charge is 0.0339 e. The monoisotopic (exact) mass is 354 g/mol. The summed E-state index contributed by atoms with van der Waals surface area (Å²) in [5, 5.41) is 0. The Hall–Kier alpha value is -1.86. The van der Waals surface area contributed by atoms with Crippen molar-refractivity contribution in [2.75, 3.05) is 0 Å². The lowest BCUT2D eigenvalue weighted by Crippen LogP contribution is -2.02. The zero-order valence-electron chi connectivity index (χ0n) is 13.1. The summed E-state index contributed by atoms with van der Waals surface area (Å²) in [7, 11) is 0. The van der Waals surface area contributed by atoms with Gasteiger partial charge in [-0.05, 0) is 16.7 Å². The molecule has 0 heterocycles. The molecule has 0 saturated carbocycles. The molecule has 0 unspecified atom stereocenters. The molecule has 1 heteroatoms. The zero-order chi connectivity index (χ0) is 14.9. The van der Waals surface area contributed by atoms with Crippen molar-refractivity contribution in [1.82, 2.24) is 0 Å². The topological polar surface area (TPSA) is 0 Å². The largest absolute Gasteiger partial charge is 0.114 e. The molecule has 0 bridgehead atoms. The molecule has 0 aliphatic heterocycles. The van der Waals surface area contributed by atoms with E-state index in [-0.39, 0.29) is 17.0 Å². The van der Waals surface area contributed by atoms with Gasteiger partial charge in [0.2, 0.25) is 0 Å². The summed E-state index contributed by atoms with van der Waals surface area (Å²) in [5.41, 5.74) is 4.00. The molecular weight excluding hydrogens is 332 g/mol. The Bertz CT molecular complexity index is 524. The fraction of sp³-hybridized carbons (Fsp3) is 0.143. The molecule has 0 aliphatic carbocycles. The molecule has 0 nitrogen and oxygen atoms in total. The summed E-state index contributed by atoms with van der Waals surface area (Å²) in [6.45, 7) is 4.00. The van der Waals surface area contributed by atoms with E-state index in [1.165, 1.54) is 16.7 Å². The molecule has 22 heavy (non-hydrogen) atoms. The van der Waals surface area contributed by atoms with Crippen LogP contribution in [0.4, 0.5) is 0 Å². The van der Waals surface area contributed by atoms with Gasteiger partial charge in [-0.1, -0.05) is 105 Å². The summed E-state index contributed by atoms with van der Waals surface area (Å²) in [5.74, 6) is 0.309. The van der Waals surface area contributed by atoms with Crippen molar-refractivity contribution in [1.29, 1.82) is 0 Å². The summed E-state index contributed by atoms with van der Waals surface area (Å²) in [6.07, 6.45) is 0. The third kappa shape index (κ3) is 4.57. The van der Waals surface area contributed by atoms with Crippen LogP contribution >= 0.6 is 17.0 Å². The molecule has 0 fully saturated rings. The van der Waals surface area contributed by atoms with Crippen LogP contribution in [-0.2, 0) is 0 Å². The molecule has 114 valence electrons. The van der Waals surface area contributed by atoms with E-state index in [9.17, 15) is 0 Å². The first kappa shape index (κ1) is 18.2. The molecular formula is C21H23Br. The Morgan fingerprint density at radius 1 is 0.455 bits per heavy atom. The van der Waals surface area contributed by atoms with Gasteiger partial charge in [-0.3, -0.25) is 0 Å². The predicted octanol–water partition coefficient (Wildman–Crippen LogP) is 6.47. The van der Waals surface area contributed by atoms with Gasteiger partial charge >= 0.3 is 0 Å². The number of hydrogen-bond acceptors (Lipinski definition) is 0. The van der Waals surface area contributed by atoms with E-state index in [1.807, 2.05) is 13.8 Å². The Balaban J connectivity index is 0.000000775. The van der Waals surface area contributed by atoms with Gasteiger partial charge < -0.3 is 0 Å². The van der Waals surface area contributed by atoms with E-state index in [0.29, 0.717) is 5.92 Å². The normalized spacial score (nSPS) is 9.41. The predicted molar refractivity (Wildman–Crippen MR) is 102 cm³/mol. The van der Waals surface area contributed by atoms with Crippen molar-refractivity contribution in [3.8, 4) is 0 Å². The Morgan fingerprint density at radius 3 is 0.909 bits per heavy atom. The third-order valence-electron chi connectivity index (χ3n) is 3.40. The lowest BCUT2D eigenvalue weighted by Gasteiger charge is -2.18. The van der Waals surface area contributed by atoms with E-state index in [0.717, 1.165) is 0 Å². The first-order valence-electron chi connectivity index (χ1n) is 7.60. The van der Waals surface area contributed by atoms with Gasteiger partial charge in [-0.25, -0.2) is 0 Å². The van der Waals surface area contributed by atoms with E-state index in [2.05, 4.69) is 91.0 Å². The van der Waals surface area contributed by atoms with Crippen LogP contribution < -0.4 is 0 Å². The van der Waals surface area contributed by atoms with Gasteiger partial charge in [0.25, 0.3) is 0 Å². The van der Waals surface area contributed by atoms with E-state index >= 15 is 0 Å². The van der Waals surface area contributed by atoms with Crippen molar-refractivity contribution in [2.24, 2.45) is 0 Å². The van der Waals surface area contributed by atoms with E-state index in [4.69, 9.17) is 0 Å². The van der Waals surface area contributed by atoms with Gasteiger partial charge in [0.15, 0.2) is 0 Å². The van der Waals surface area contributed by atoms with Gasteiger partial charge in [-0.15, -0.1) is 17.0 Å². The fourth-order valence-electron chi connectivity index (χ4n) is 2.51. The SMILES string of the molecule is Br.CC.c1ccc(C(c2ccccc2)c2ccccc2)cc1. The average Bonchev–Trinajstić information content (AvgIpc) is 2.60. The van der Waals surface area contributed by atoms with Gasteiger partial charge in [0.05, 0.1) is 0 Å². The summed E-state index contributed by atoms with van der Waals surface area (Å²) >= 11 is 0. The summed E-state index contributed by atoms with van der Waals surface area (Å²) in [4.78, 5) is 0. The highest BCUT2D eigenvalue weighted by atomic mass is 79.9. The van der Waals surface area contributed by atoms with Crippen LogP contribution in [0.3, 0.4) is 0 Å². The molecule has 0 aromatic heterocycles. The molecule has 0 radical (unpaired) electrons. The van der Waals surface area contributed by atoms with E-state index in [1.54, 1.807) is 0 Å². The summed E-state index contributed by atoms with van der Waals surface area (Å²) < 4.78 is 0. The minimum atomic E-state index is 0. The van der Waals surface area contributed by atoms with Crippen LogP contribution in [-0.4, -0.2) is 0 Å². The van der Waals surface area contributed by atoms with Gasteiger partial charge in [0, 0.05) is 5.92 Å². The number of hydrogen-bond donors (Lipinski definition) is 0. The number of rotatable bonds is 3. The Labute approximate surface area is 144 Å². The molecule has 0 saturated heterocycles. The zero-order valence-corrected chi connectivity index (χ0v) is 14.9. The van der Waals surface area contributed by atoms with Crippen LogP contribution in [0.1, 0.15) is 36.5 Å². The fourth-order valence-corrected chi connectivity index (χ4v) is 2.51. The quantitative estimate of drug-likeness (QED) is 0.472. The standard InChI is InChI=1S/C19H16.C2H6.BrH/c1-4-10-16(11-5-1)19(17-12-6-2-7-13-17)18-14-8-3-9-15-18;1-2;/h1-15,19H;1-2H3;1H. The first-order chi connectivity index (χ1) is 10.4. The maximum atomic E-state index is 2.20. The van der Waals surface area contributed by atoms with Crippen LogP contribution in [0.15, 0.2) is 91.0 Å². The van der Waals surface area contributed by atoms with Crippen LogP contribution in [0.2, 0.25) is 0 Å². The van der Waals surface area contributed by atoms with Crippen molar-refractivity contribution >= 4 is 17.0 Å². The molecule has 0 amide bonds. The number of benzene rings is 3. The highest BCUT2D eigenvalue weighted by Gasteiger charge is 2.15. The minimum Gasteiger partial charge on any atom is -0.114 e. The molecule has 0 spiro atoms. The Kier molecular flexibility index (Phi) is 8.24. The molecule has 0 N–H and O–H groups in total. The van der Waals surface area contributed by atoms with Gasteiger partial charge in [-0.2, -0.15) is 0 Å². The van der Waals surface area contributed by atoms with Crippen LogP contribution in [0.25, 0.3) is 0 Å². The summed E-state index contributed by atoms with van der Waals surface area (Å²) in [6, 6.07) is 32.0. The second-order valence-electron chi connectivity index (χ2n) is 4.67. The first-order valence-corrected chi connectivity index (χ1v) is 7.60. The van der Waals surface area contributed by atoms with Crippen molar-refractivity contribution in [3.05, 3.63) is 108 Å². The molecule has 3 aromatic rings. The average molecular weight is 355 g/mol. The Morgan fingerprint density at radius 2 is 0.682 bits per heavy atom. The van der Waals surface area contributed by atoms with Gasteiger partial charge in [0.1, 0.15) is 0 Å². The van der Waals surface area contributed by atoms with Crippen LogP contribution in [0, 0.1) is 0 Å². The highest BCUT2D eigenvalue weighted by molar-refractivity contribution is 8.93. The van der Waals surface area contributed by atoms with E-state index < -0.39 is 0 Å². The number of halogens is 1. The molecule has 3 aromatic carbocycles. The molecule has 3 rings (SSSR count). The minimum absolute atomic E-state index is 0. The second-order valence-corrected chi connectivity index (χ2v) is 4.67. The van der Waals surface area contributed by atoms with Crippen LogP contribution in [0.5, 0.6) is 0 Å². The lowest BCUT2D eigenvalue weighted by molar-refractivity contribution is 0.977. The van der Waals surface area contributed by atoms with Crippen molar-refractivity contribution in [3.63, 3.8) is 0 Å². The second kappa shape index (κ2) is 9.97. The highest BCUT2D eigenvalue weighted by Crippen LogP contribution is 2.31. The molecule has 0 atom stereocenters. The lowest BCUT2D eigenvalue weighted by atomic mass is 9.85. The third-order valence-corrected chi connectivity index (χ3v) is 3.40. The maximum absolute atomic E-state index is 2.20. The van der Waals surface area contributed by atoms with Crippen molar-refractivity contribution in [2.45, 2.75) is 19.8 Å². The maximum Gasteiger partial charge on any atom is 0.0339 e. The van der Waals surface area contributed by atoms with Crippen molar-refractivity contribution < 1.29 is 0 Å².